The van der Waals surface area contributed by atoms with Crippen LogP contribution >= 0.6 is 0 Å². The molecule has 0 aromatic carbocycles. The largest absolute Gasteiger partial charge is 0.465 e. The highest BCUT2D eigenvalue weighted by atomic mass is 16.4. The number of hydrogen-bond acceptors (Lipinski definition) is 4. The molecule has 1 aliphatic carbocycles. The van der Waals surface area contributed by atoms with Gasteiger partial charge in [0, 0.05) is 24.0 Å². The van der Waals surface area contributed by atoms with Gasteiger partial charge in [-0.15, -0.1) is 0 Å². The summed E-state index contributed by atoms with van der Waals surface area (Å²) in [4.78, 5) is 22.3. The van der Waals surface area contributed by atoms with E-state index in [2.05, 4.69) is 34.3 Å². The predicted octanol–water partition coefficient (Wildman–Crippen LogP) is 0.492. The molecule has 8 heteroatoms. The Morgan fingerprint density at radius 2 is 1.60 bits per heavy atom. The van der Waals surface area contributed by atoms with Crippen molar-refractivity contribution in [2.75, 3.05) is 13.2 Å². The van der Waals surface area contributed by atoms with E-state index in [1.165, 1.54) is 6.08 Å². The number of amides is 2. The minimum absolute atomic E-state index is 0.0135. The van der Waals surface area contributed by atoms with Crippen molar-refractivity contribution in [1.29, 1.82) is 0 Å². The van der Waals surface area contributed by atoms with Crippen LogP contribution in [0.2, 0.25) is 0 Å². The van der Waals surface area contributed by atoms with Crippen LogP contribution < -0.4 is 10.6 Å². The molecule has 0 aliphatic heterocycles. The molecule has 1 aliphatic rings. The third kappa shape index (κ3) is 5.88. The SMILES string of the molecule is CC1(CC#CCO)C=CC(CC#CCO)(NC(=O)O)C=C1NC(=O)O. The fourth-order valence-corrected chi connectivity index (χ4v) is 2.34. The van der Waals surface area contributed by atoms with Gasteiger partial charge < -0.3 is 25.7 Å². The molecule has 6 N–H and O–H groups in total. The van der Waals surface area contributed by atoms with E-state index in [1.807, 2.05) is 0 Å². The number of rotatable bonds is 4. The average molecular weight is 348 g/mol. The third-order valence-corrected chi connectivity index (χ3v) is 3.59. The lowest BCUT2D eigenvalue weighted by molar-refractivity contribution is 0.187. The topological polar surface area (TPSA) is 139 Å². The van der Waals surface area contributed by atoms with E-state index in [1.54, 1.807) is 19.1 Å². The molecule has 2 unspecified atom stereocenters. The number of aliphatic hydroxyl groups excluding tert-OH is 2. The van der Waals surface area contributed by atoms with Crippen LogP contribution in [0.15, 0.2) is 23.9 Å². The van der Waals surface area contributed by atoms with Crippen LogP contribution in [0.25, 0.3) is 0 Å². The van der Waals surface area contributed by atoms with Crippen LogP contribution in [0.3, 0.4) is 0 Å². The van der Waals surface area contributed by atoms with E-state index < -0.39 is 23.1 Å². The summed E-state index contributed by atoms with van der Waals surface area (Å²) in [7, 11) is 0. The van der Waals surface area contributed by atoms with Gasteiger partial charge in [0.05, 0.1) is 5.54 Å². The Morgan fingerprint density at radius 1 is 1.00 bits per heavy atom. The molecule has 0 heterocycles. The molecule has 2 amide bonds. The van der Waals surface area contributed by atoms with Crippen LogP contribution in [-0.2, 0) is 0 Å². The highest BCUT2D eigenvalue weighted by molar-refractivity contribution is 5.70. The second-order valence-electron chi connectivity index (χ2n) is 5.59. The lowest BCUT2D eigenvalue weighted by Gasteiger charge is -2.37. The maximum absolute atomic E-state index is 11.1. The first kappa shape index (κ1) is 20.1. The van der Waals surface area contributed by atoms with E-state index in [4.69, 9.17) is 20.4 Å². The van der Waals surface area contributed by atoms with E-state index in [9.17, 15) is 9.59 Å². The molecule has 1 rings (SSSR count). The second kappa shape index (κ2) is 8.78. The lowest BCUT2D eigenvalue weighted by atomic mass is 9.74. The van der Waals surface area contributed by atoms with Crippen molar-refractivity contribution in [3.05, 3.63) is 23.9 Å². The van der Waals surface area contributed by atoms with Gasteiger partial charge in [0.1, 0.15) is 13.2 Å². The summed E-state index contributed by atoms with van der Waals surface area (Å²) in [6.45, 7) is 1.05. The van der Waals surface area contributed by atoms with Gasteiger partial charge in [0.2, 0.25) is 0 Å². The van der Waals surface area contributed by atoms with Crippen molar-refractivity contribution >= 4 is 12.2 Å². The van der Waals surface area contributed by atoms with Crippen molar-refractivity contribution in [2.24, 2.45) is 5.41 Å². The fourth-order valence-electron chi connectivity index (χ4n) is 2.34. The normalized spacial score (nSPS) is 24.0. The standard InChI is InChI=1S/C17H20N2O6/c1-16(6-2-4-10-20)8-9-17(19-15(24)25,7-3-5-11-21)12-13(16)18-14(22)23/h8-9,12,18-21H,6-7,10-11H2,1H3,(H,22,23)(H,24,25). The van der Waals surface area contributed by atoms with Gasteiger partial charge in [-0.05, 0) is 13.0 Å². The van der Waals surface area contributed by atoms with Crippen molar-refractivity contribution in [1.82, 2.24) is 10.6 Å². The molecule has 8 nitrogen and oxygen atoms in total. The Balaban J connectivity index is 3.30. The van der Waals surface area contributed by atoms with Crippen LogP contribution in [0, 0.1) is 29.1 Å². The molecular weight excluding hydrogens is 328 g/mol. The Labute approximate surface area is 145 Å². The van der Waals surface area contributed by atoms with E-state index >= 15 is 0 Å². The number of nitrogens with one attached hydrogen (secondary N) is 2. The average Bonchev–Trinajstić information content (AvgIpc) is 2.51. The first-order valence-electron chi connectivity index (χ1n) is 7.35. The Morgan fingerprint density at radius 3 is 2.12 bits per heavy atom. The van der Waals surface area contributed by atoms with Gasteiger partial charge in [-0.3, -0.25) is 5.32 Å². The molecule has 2 atom stereocenters. The summed E-state index contributed by atoms with van der Waals surface area (Å²) in [5.41, 5.74) is -1.81. The second-order valence-corrected chi connectivity index (χ2v) is 5.59. The molecule has 25 heavy (non-hydrogen) atoms. The van der Waals surface area contributed by atoms with Crippen molar-refractivity contribution in [3.63, 3.8) is 0 Å². The maximum Gasteiger partial charge on any atom is 0.408 e. The third-order valence-electron chi connectivity index (χ3n) is 3.59. The van der Waals surface area contributed by atoms with Gasteiger partial charge in [-0.25, -0.2) is 9.59 Å². The van der Waals surface area contributed by atoms with Gasteiger partial charge >= 0.3 is 12.2 Å². The predicted molar refractivity (Wildman–Crippen MR) is 89.3 cm³/mol. The molecule has 0 spiro atoms. The molecule has 0 radical (unpaired) electrons. The first-order valence-corrected chi connectivity index (χ1v) is 7.35. The molecule has 0 saturated heterocycles. The monoisotopic (exact) mass is 348 g/mol. The zero-order valence-corrected chi connectivity index (χ0v) is 13.7. The van der Waals surface area contributed by atoms with E-state index in [0.717, 1.165) is 0 Å². The lowest BCUT2D eigenvalue weighted by Crippen LogP contribution is -2.49. The maximum atomic E-state index is 11.1. The van der Waals surface area contributed by atoms with Crippen molar-refractivity contribution < 1.29 is 30.0 Å². The Bertz CT molecular complexity index is 706. The van der Waals surface area contributed by atoms with Crippen molar-refractivity contribution in [3.8, 4) is 23.7 Å². The molecule has 0 aromatic heterocycles. The zero-order chi connectivity index (χ0) is 18.9. The van der Waals surface area contributed by atoms with Crippen LogP contribution in [0.1, 0.15) is 19.8 Å². The highest BCUT2D eigenvalue weighted by Gasteiger charge is 2.38. The summed E-state index contributed by atoms with van der Waals surface area (Å²) in [5.74, 6) is 10.3. The minimum atomic E-state index is -1.30. The van der Waals surface area contributed by atoms with Gasteiger partial charge in [0.25, 0.3) is 0 Å². The number of hydrogen-bond donors (Lipinski definition) is 6. The summed E-state index contributed by atoms with van der Waals surface area (Å²) >= 11 is 0. The van der Waals surface area contributed by atoms with Gasteiger partial charge in [-0.1, -0.05) is 35.8 Å². The van der Waals surface area contributed by atoms with Crippen LogP contribution in [0.5, 0.6) is 0 Å². The van der Waals surface area contributed by atoms with Crippen LogP contribution in [-0.4, -0.2) is 51.4 Å². The first-order chi connectivity index (χ1) is 11.8. The number of carboxylic acid groups (broad SMARTS) is 2. The summed E-state index contributed by atoms with van der Waals surface area (Å²) in [6.07, 6.45) is 2.32. The van der Waals surface area contributed by atoms with Gasteiger partial charge in [0.15, 0.2) is 0 Å². The van der Waals surface area contributed by atoms with Crippen LogP contribution in [0.4, 0.5) is 9.59 Å². The number of allylic oxidation sites excluding steroid dienone is 1. The smallest absolute Gasteiger partial charge is 0.408 e. The fraction of sp³-hybridized carbons (Fsp3) is 0.412. The summed E-state index contributed by atoms with van der Waals surface area (Å²) in [5, 5.41) is 40.3. The quantitative estimate of drug-likeness (QED) is 0.323. The molecule has 0 saturated carbocycles. The summed E-state index contributed by atoms with van der Waals surface area (Å²) < 4.78 is 0. The highest BCUT2D eigenvalue weighted by Crippen LogP contribution is 2.38. The number of aliphatic hydroxyl groups is 2. The molecule has 134 valence electrons. The van der Waals surface area contributed by atoms with Crippen molar-refractivity contribution in [2.45, 2.75) is 25.3 Å². The Kier molecular flexibility index (Phi) is 7.06. The summed E-state index contributed by atoms with van der Waals surface area (Å²) in [6, 6.07) is 0. The Hall–Kier alpha value is -2.94. The van der Waals surface area contributed by atoms with E-state index in [-0.39, 0.29) is 31.8 Å². The minimum Gasteiger partial charge on any atom is -0.465 e. The molecule has 0 fully saturated rings. The van der Waals surface area contributed by atoms with Gasteiger partial charge in [-0.2, -0.15) is 0 Å². The molecule has 0 aromatic rings. The van der Waals surface area contributed by atoms with E-state index in [0.29, 0.717) is 0 Å². The molecule has 0 bridgehead atoms. The number of carbonyl (C=O) groups is 2. The zero-order valence-electron chi connectivity index (χ0n) is 13.7. The molecular formula is C17H20N2O6.